The van der Waals surface area contributed by atoms with Crippen LogP contribution in [-0.4, -0.2) is 26.2 Å². The molecule has 6 nitrogen and oxygen atoms in total. The van der Waals surface area contributed by atoms with Crippen molar-refractivity contribution >= 4 is 28.9 Å². The second-order valence-electron chi connectivity index (χ2n) is 3.02. The van der Waals surface area contributed by atoms with Crippen LogP contribution in [-0.2, 0) is 0 Å². The summed E-state index contributed by atoms with van der Waals surface area (Å²) in [5.74, 6) is -2.33. The van der Waals surface area contributed by atoms with E-state index in [0.717, 1.165) is 11.3 Å². The maximum absolute atomic E-state index is 11.3. The van der Waals surface area contributed by atoms with E-state index in [1.807, 2.05) is 0 Å². The van der Waals surface area contributed by atoms with Gasteiger partial charge in [0.25, 0.3) is 5.56 Å². The Kier molecular flexibility index (Phi) is 2.86. The molecular formula is C9H5ClN2O4S. The molecule has 2 aromatic heterocycles. The Balaban J connectivity index is 2.65. The summed E-state index contributed by atoms with van der Waals surface area (Å²) in [5.41, 5.74) is -1.59. The quantitative estimate of drug-likeness (QED) is 0.770. The van der Waals surface area contributed by atoms with Crippen molar-refractivity contribution in [1.82, 2.24) is 9.97 Å². The van der Waals surface area contributed by atoms with Crippen LogP contribution >= 0.6 is 22.9 Å². The molecule has 0 unspecified atom stereocenters. The maximum Gasteiger partial charge on any atom is 0.358 e. The number of carboxylic acids is 1. The first-order chi connectivity index (χ1) is 7.99. The van der Waals surface area contributed by atoms with E-state index in [1.54, 1.807) is 12.1 Å². The lowest BCUT2D eigenvalue weighted by atomic mass is 10.3. The van der Waals surface area contributed by atoms with Crippen molar-refractivity contribution in [1.29, 1.82) is 0 Å². The normalized spacial score (nSPS) is 10.4. The topological polar surface area (TPSA) is 103 Å². The van der Waals surface area contributed by atoms with Crippen LogP contribution in [0.4, 0.5) is 0 Å². The second kappa shape index (κ2) is 4.19. The Hall–Kier alpha value is -1.86. The number of aromatic carboxylic acids is 1. The molecule has 0 aliphatic heterocycles. The van der Waals surface area contributed by atoms with Gasteiger partial charge in [-0.3, -0.25) is 4.79 Å². The lowest BCUT2D eigenvalue weighted by Crippen LogP contribution is -2.14. The molecule has 0 saturated heterocycles. The highest BCUT2D eigenvalue weighted by atomic mass is 35.5. The number of carbonyl (C=O) groups is 1. The Morgan fingerprint density at radius 2 is 2.18 bits per heavy atom. The Labute approximate surface area is 103 Å². The van der Waals surface area contributed by atoms with E-state index >= 15 is 0 Å². The van der Waals surface area contributed by atoms with Crippen molar-refractivity contribution in [2.24, 2.45) is 0 Å². The summed E-state index contributed by atoms with van der Waals surface area (Å²) in [6, 6.07) is 3.18. The molecule has 0 atom stereocenters. The van der Waals surface area contributed by atoms with Gasteiger partial charge in [0.1, 0.15) is 0 Å². The van der Waals surface area contributed by atoms with Crippen LogP contribution in [0.1, 0.15) is 10.5 Å². The number of carboxylic acid groups (broad SMARTS) is 1. The standard InChI is InChI=1S/C9H5ClN2O4S/c10-4-2-1-3(17-4)7-11-5(9(15)16)6(13)8(14)12-7/h1-2,13H,(H,15,16)(H,11,12,14). The number of aromatic nitrogens is 2. The van der Waals surface area contributed by atoms with E-state index in [1.165, 1.54) is 0 Å². The summed E-state index contributed by atoms with van der Waals surface area (Å²) >= 11 is 6.85. The number of nitrogens with zero attached hydrogens (tertiary/aromatic N) is 1. The van der Waals surface area contributed by atoms with Gasteiger partial charge in [-0.1, -0.05) is 11.6 Å². The molecule has 0 fully saturated rings. The van der Waals surface area contributed by atoms with Gasteiger partial charge in [0.05, 0.1) is 9.21 Å². The monoisotopic (exact) mass is 272 g/mol. The third kappa shape index (κ3) is 2.15. The largest absolute Gasteiger partial charge is 0.501 e. The van der Waals surface area contributed by atoms with Gasteiger partial charge >= 0.3 is 5.97 Å². The molecular weight excluding hydrogens is 268 g/mol. The zero-order valence-electron chi connectivity index (χ0n) is 8.10. The van der Waals surface area contributed by atoms with Crippen LogP contribution in [0.2, 0.25) is 4.34 Å². The number of thiophene rings is 1. The Morgan fingerprint density at radius 1 is 1.47 bits per heavy atom. The molecule has 0 aromatic carbocycles. The number of hydrogen-bond acceptors (Lipinski definition) is 5. The minimum absolute atomic E-state index is 0.0575. The van der Waals surface area contributed by atoms with Crippen molar-refractivity contribution in [2.45, 2.75) is 0 Å². The molecule has 0 spiro atoms. The maximum atomic E-state index is 11.3. The van der Waals surface area contributed by atoms with E-state index in [2.05, 4.69) is 9.97 Å². The lowest BCUT2D eigenvalue weighted by molar-refractivity contribution is 0.0686. The Bertz CT molecular complexity index is 649. The van der Waals surface area contributed by atoms with Crippen LogP contribution in [0, 0.1) is 0 Å². The van der Waals surface area contributed by atoms with Gasteiger partial charge in [0.2, 0.25) is 5.75 Å². The number of nitrogens with one attached hydrogen (secondary N) is 1. The predicted molar refractivity (Wildman–Crippen MR) is 61.8 cm³/mol. The summed E-state index contributed by atoms with van der Waals surface area (Å²) < 4.78 is 0.479. The Morgan fingerprint density at radius 3 is 2.71 bits per heavy atom. The van der Waals surface area contributed by atoms with Crippen molar-refractivity contribution in [2.75, 3.05) is 0 Å². The number of rotatable bonds is 2. The fourth-order valence-corrected chi connectivity index (χ4v) is 2.16. The molecule has 0 radical (unpaired) electrons. The number of hydrogen-bond donors (Lipinski definition) is 3. The highest BCUT2D eigenvalue weighted by Gasteiger charge is 2.17. The van der Waals surface area contributed by atoms with Crippen LogP contribution in [0.3, 0.4) is 0 Å². The highest BCUT2D eigenvalue weighted by molar-refractivity contribution is 7.19. The molecule has 0 saturated carbocycles. The molecule has 2 heterocycles. The fourth-order valence-electron chi connectivity index (χ4n) is 1.17. The zero-order chi connectivity index (χ0) is 12.6. The molecule has 88 valence electrons. The van der Waals surface area contributed by atoms with Gasteiger partial charge in [-0.15, -0.1) is 11.3 Å². The number of aromatic hydroxyl groups is 1. The second-order valence-corrected chi connectivity index (χ2v) is 4.74. The smallest absolute Gasteiger partial charge is 0.358 e. The van der Waals surface area contributed by atoms with Gasteiger partial charge in [0.15, 0.2) is 11.5 Å². The first-order valence-corrected chi connectivity index (χ1v) is 5.51. The van der Waals surface area contributed by atoms with Gasteiger partial charge in [-0.2, -0.15) is 0 Å². The average Bonchev–Trinajstić information content (AvgIpc) is 2.68. The van der Waals surface area contributed by atoms with Crippen LogP contribution < -0.4 is 5.56 Å². The molecule has 2 rings (SSSR count). The molecule has 0 aliphatic carbocycles. The van der Waals surface area contributed by atoms with Crippen LogP contribution in [0.5, 0.6) is 5.75 Å². The summed E-state index contributed by atoms with van der Waals surface area (Å²) in [6.07, 6.45) is 0. The third-order valence-corrected chi connectivity index (χ3v) is 3.14. The predicted octanol–water partition coefficient (Wildman–Crippen LogP) is 1.56. The van der Waals surface area contributed by atoms with E-state index in [-0.39, 0.29) is 5.82 Å². The number of H-pyrrole nitrogens is 1. The molecule has 8 heteroatoms. The van der Waals surface area contributed by atoms with Gasteiger partial charge in [-0.05, 0) is 12.1 Å². The van der Waals surface area contributed by atoms with E-state index < -0.39 is 23.0 Å². The lowest BCUT2D eigenvalue weighted by Gasteiger charge is -2.00. The summed E-state index contributed by atoms with van der Waals surface area (Å²) in [7, 11) is 0. The van der Waals surface area contributed by atoms with Crippen LogP contribution in [0.25, 0.3) is 10.7 Å². The van der Waals surface area contributed by atoms with Gasteiger partial charge < -0.3 is 15.2 Å². The van der Waals surface area contributed by atoms with Gasteiger partial charge in [-0.25, -0.2) is 9.78 Å². The first-order valence-electron chi connectivity index (χ1n) is 4.31. The van der Waals surface area contributed by atoms with Crippen LogP contribution in [0.15, 0.2) is 16.9 Å². The summed E-state index contributed by atoms with van der Waals surface area (Å²) in [5, 5.41) is 18.0. The fraction of sp³-hybridized carbons (Fsp3) is 0. The van der Waals surface area contributed by atoms with Crippen molar-refractivity contribution < 1.29 is 15.0 Å². The van der Waals surface area contributed by atoms with Crippen molar-refractivity contribution in [3.63, 3.8) is 0 Å². The summed E-state index contributed by atoms with van der Waals surface area (Å²) in [4.78, 5) is 28.5. The first kappa shape index (κ1) is 11.6. The van der Waals surface area contributed by atoms with Gasteiger partial charge in [0, 0.05) is 0 Å². The van der Waals surface area contributed by atoms with Crippen molar-refractivity contribution in [3.05, 3.63) is 32.5 Å². The number of halogens is 1. The average molecular weight is 273 g/mol. The third-order valence-electron chi connectivity index (χ3n) is 1.90. The zero-order valence-corrected chi connectivity index (χ0v) is 9.67. The molecule has 0 amide bonds. The molecule has 0 aliphatic rings. The molecule has 2 aromatic rings. The molecule has 3 N–H and O–H groups in total. The van der Waals surface area contributed by atoms with E-state index in [4.69, 9.17) is 16.7 Å². The minimum Gasteiger partial charge on any atom is -0.501 e. The molecule has 0 bridgehead atoms. The minimum atomic E-state index is -1.47. The van der Waals surface area contributed by atoms with E-state index in [0.29, 0.717) is 9.21 Å². The van der Waals surface area contributed by atoms with E-state index in [9.17, 15) is 14.7 Å². The SMILES string of the molecule is O=C(O)c1nc(-c2ccc(Cl)s2)[nH]c(=O)c1O. The summed E-state index contributed by atoms with van der Waals surface area (Å²) in [6.45, 7) is 0. The van der Waals surface area contributed by atoms with Crippen molar-refractivity contribution in [3.8, 4) is 16.5 Å². The number of aromatic amines is 1. The molecule has 17 heavy (non-hydrogen) atoms. The highest BCUT2D eigenvalue weighted by Crippen LogP contribution is 2.28.